The first-order valence-electron chi connectivity index (χ1n) is 27.7. The first-order chi connectivity index (χ1) is 36.0. The lowest BCUT2D eigenvalue weighted by Gasteiger charge is -2.42. The van der Waals surface area contributed by atoms with Crippen molar-refractivity contribution >= 4 is 46.7 Å². The predicted molar refractivity (Wildman–Crippen MR) is 287 cm³/mol. The molecule has 4 aromatic rings. The molecule has 2 N–H and O–H groups in total. The minimum atomic E-state index is -0.519. The van der Waals surface area contributed by atoms with Crippen molar-refractivity contribution in [3.8, 4) is 0 Å². The van der Waals surface area contributed by atoms with Gasteiger partial charge in [-0.3, -0.25) is 19.4 Å². The van der Waals surface area contributed by atoms with Crippen molar-refractivity contribution in [1.82, 2.24) is 39.5 Å². The molecule has 5 aliphatic heterocycles. The number of nitrogens with zero attached hydrogens (tertiary/aromatic N) is 10. The molecule has 5 saturated heterocycles. The third-order valence-electron chi connectivity index (χ3n) is 17.7. The molecule has 17 heteroatoms. The number of aliphatic hydroxyl groups excluding tert-OH is 2. The molecule has 7 heterocycles. The number of aliphatic hydroxyl groups is 2. The van der Waals surface area contributed by atoms with Gasteiger partial charge in [0.05, 0.1) is 35.4 Å². The van der Waals surface area contributed by atoms with Crippen LogP contribution in [0.25, 0.3) is 0 Å². The van der Waals surface area contributed by atoms with Crippen molar-refractivity contribution in [1.29, 1.82) is 0 Å². The lowest BCUT2D eigenvalue weighted by Crippen LogP contribution is -2.54. The average Bonchev–Trinajstić information content (AvgIpc) is 3.64. The van der Waals surface area contributed by atoms with E-state index < -0.39 is 12.2 Å². The van der Waals surface area contributed by atoms with Crippen LogP contribution in [0.2, 0.25) is 10.0 Å². The van der Waals surface area contributed by atoms with Gasteiger partial charge in [-0.25, -0.2) is 19.9 Å². The highest BCUT2D eigenvalue weighted by molar-refractivity contribution is 6.30. The molecule has 8 atom stereocenters. The van der Waals surface area contributed by atoms with Gasteiger partial charge in [0.2, 0.25) is 11.8 Å². The van der Waals surface area contributed by atoms with E-state index in [4.69, 9.17) is 27.9 Å². The third-order valence-corrected chi connectivity index (χ3v) is 18.2. The molecule has 0 spiro atoms. The monoisotopic (exact) mass is 1050 g/mol. The van der Waals surface area contributed by atoms with Gasteiger partial charge in [0.15, 0.2) is 0 Å². The van der Waals surface area contributed by atoms with E-state index in [9.17, 15) is 19.8 Å². The number of rotatable bonds is 11. The van der Waals surface area contributed by atoms with E-state index in [2.05, 4.69) is 63.2 Å². The Hall–Kier alpha value is -4.48. The summed E-state index contributed by atoms with van der Waals surface area (Å²) in [5.74, 6) is 3.21. The summed E-state index contributed by atoms with van der Waals surface area (Å²) < 4.78 is 5.64. The smallest absolute Gasteiger partial charge is 0.231 e. The number of fused-ring (bicyclic) bond motifs is 2. The number of halogens is 2. The van der Waals surface area contributed by atoms with Gasteiger partial charge >= 0.3 is 0 Å². The number of anilines is 2. The fourth-order valence-corrected chi connectivity index (χ4v) is 14.0. The summed E-state index contributed by atoms with van der Waals surface area (Å²) in [6, 6.07) is 16.8. The van der Waals surface area contributed by atoms with E-state index in [1.807, 2.05) is 48.5 Å². The summed E-state index contributed by atoms with van der Waals surface area (Å²) in [5, 5.41) is 22.2. The van der Waals surface area contributed by atoms with E-state index in [1.165, 1.54) is 12.8 Å². The van der Waals surface area contributed by atoms with Crippen LogP contribution in [0, 0.1) is 5.92 Å². The Morgan fingerprint density at radius 2 is 1.05 bits per heavy atom. The van der Waals surface area contributed by atoms with E-state index >= 15 is 0 Å². The number of carbonyl (C=O) groups is 2. The van der Waals surface area contributed by atoms with Gasteiger partial charge < -0.3 is 34.5 Å². The molecular weight excluding hydrogens is 976 g/mol. The molecule has 15 nitrogen and oxygen atoms in total. The lowest BCUT2D eigenvalue weighted by molar-refractivity contribution is -0.135. The zero-order chi connectivity index (χ0) is 51.0. The molecule has 3 aliphatic carbocycles. The predicted octanol–water partition coefficient (Wildman–Crippen LogP) is 7.72. The van der Waals surface area contributed by atoms with Crippen LogP contribution in [0.5, 0.6) is 0 Å². The highest BCUT2D eigenvalue weighted by Crippen LogP contribution is 2.45. The summed E-state index contributed by atoms with van der Waals surface area (Å²) >= 11 is 12.4. The fourth-order valence-electron chi connectivity index (χ4n) is 13.7. The molecule has 0 radical (unpaired) electrons. The first kappa shape index (κ1) is 51.6. The SMILES string of the molecule is C[C@@H]1C[C@@H](O)c2ncnc(N3CCN(C(=O)[C@@H](c4ccc(Cl)cc4)[C@@H]4CCCN4C4CCOCC4)CC3)c21.C[C@@H]1C[C@@H](O)c2ncnc(N3CCN(C(=O)[C@@H](c4ccc(Cl)cc4)[C@@H]4CCCN4CC4CC4)CC3)c21. The van der Waals surface area contributed by atoms with Crippen molar-refractivity contribution in [2.24, 2.45) is 5.92 Å². The minimum absolute atomic E-state index is 0.159. The van der Waals surface area contributed by atoms with Crippen molar-refractivity contribution < 1.29 is 24.5 Å². The van der Waals surface area contributed by atoms with Crippen molar-refractivity contribution in [3.63, 3.8) is 0 Å². The zero-order valence-electron chi connectivity index (χ0n) is 43.2. The van der Waals surface area contributed by atoms with E-state index in [0.29, 0.717) is 55.1 Å². The second-order valence-corrected chi connectivity index (χ2v) is 23.3. The van der Waals surface area contributed by atoms with E-state index in [0.717, 1.165) is 149 Å². The molecule has 0 bridgehead atoms. The Morgan fingerprint density at radius 3 is 1.54 bits per heavy atom. The van der Waals surface area contributed by atoms with Crippen LogP contribution < -0.4 is 9.80 Å². The van der Waals surface area contributed by atoms with Gasteiger partial charge in [0.1, 0.15) is 24.3 Å². The Bertz CT molecular complexity index is 2590. The van der Waals surface area contributed by atoms with Crippen LogP contribution in [0.1, 0.15) is 148 Å². The topological polar surface area (TPSA) is 155 Å². The molecule has 0 unspecified atom stereocenters. The molecule has 2 aromatic carbocycles. The van der Waals surface area contributed by atoms with Gasteiger partial charge in [-0.1, -0.05) is 61.3 Å². The molecule has 74 heavy (non-hydrogen) atoms. The normalized spacial score (nSPS) is 27.4. The van der Waals surface area contributed by atoms with Crippen LogP contribution >= 0.6 is 23.2 Å². The third kappa shape index (κ3) is 10.8. The highest BCUT2D eigenvalue weighted by Gasteiger charge is 2.45. The second-order valence-electron chi connectivity index (χ2n) is 22.4. The van der Waals surface area contributed by atoms with Gasteiger partial charge in [-0.05, 0) is 130 Å². The maximum atomic E-state index is 14.3. The molecule has 6 fully saturated rings. The number of piperazine rings is 2. The standard InChI is InChI=1S/C29H38ClN5O3.C28H36ClN5O2/c1-19-17-24(36)27-25(19)28(32-18-31-27)33-11-13-34(14-12-33)29(37)26(20-4-6-21(30)7-5-20)23-3-2-10-35(23)22-8-15-38-16-9-22;1-18-15-23(35)26-24(18)27(31-17-30-26)32-11-13-33(14-12-32)28(36)25(20-6-8-21(29)9-7-20)22-3-2-10-34(22)16-19-4-5-19/h4-7,18-19,22-24,26,36H,2-3,8-17H2,1H3;6-9,17-19,22-23,25,35H,2-5,10-16H2,1H3/t19-,23+,24-,26+;18-,22+,23-,25+/m11/s1. The average molecular weight is 1050 g/mol. The molecule has 2 aromatic heterocycles. The number of aromatic nitrogens is 4. The number of ether oxygens (including phenoxy) is 1. The van der Waals surface area contributed by atoms with Gasteiger partial charge in [0, 0.05) is 111 Å². The van der Waals surface area contributed by atoms with Gasteiger partial charge in [-0.15, -0.1) is 0 Å². The first-order valence-corrected chi connectivity index (χ1v) is 28.5. The van der Waals surface area contributed by atoms with Crippen LogP contribution in [0.15, 0.2) is 61.2 Å². The molecular formula is C57H74Cl2N10O5. The summed E-state index contributed by atoms with van der Waals surface area (Å²) in [5.41, 5.74) is 5.81. The van der Waals surface area contributed by atoms with Gasteiger partial charge in [-0.2, -0.15) is 0 Å². The summed E-state index contributed by atoms with van der Waals surface area (Å²) in [4.78, 5) is 60.2. The van der Waals surface area contributed by atoms with Crippen LogP contribution in [-0.2, 0) is 14.3 Å². The maximum absolute atomic E-state index is 14.3. The lowest BCUT2D eigenvalue weighted by atomic mass is 9.87. The van der Waals surface area contributed by atoms with E-state index in [1.54, 1.807) is 12.7 Å². The van der Waals surface area contributed by atoms with Crippen molar-refractivity contribution in [2.75, 3.05) is 95.0 Å². The van der Waals surface area contributed by atoms with Crippen LogP contribution in [0.3, 0.4) is 0 Å². The zero-order valence-corrected chi connectivity index (χ0v) is 44.7. The number of carbonyl (C=O) groups excluding carboxylic acids is 2. The van der Waals surface area contributed by atoms with E-state index in [-0.39, 0.29) is 47.6 Å². The van der Waals surface area contributed by atoms with Crippen LogP contribution in [0.4, 0.5) is 11.6 Å². The largest absolute Gasteiger partial charge is 0.387 e. The Balaban J connectivity index is 0.000000159. The minimum Gasteiger partial charge on any atom is -0.387 e. The molecule has 396 valence electrons. The second kappa shape index (κ2) is 22.6. The molecule has 12 rings (SSSR count). The Morgan fingerprint density at radius 1 is 0.595 bits per heavy atom. The molecule has 1 saturated carbocycles. The maximum Gasteiger partial charge on any atom is 0.231 e. The summed E-state index contributed by atoms with van der Waals surface area (Å²) in [7, 11) is 0. The van der Waals surface area contributed by atoms with Crippen molar-refractivity contribution in [3.05, 3.63) is 105 Å². The number of likely N-dealkylation sites (tertiary alicyclic amines) is 2. The van der Waals surface area contributed by atoms with Crippen LogP contribution in [-0.4, -0.2) is 165 Å². The highest BCUT2D eigenvalue weighted by atomic mass is 35.5. The molecule has 8 aliphatic rings. The number of hydrogen-bond acceptors (Lipinski definition) is 13. The summed E-state index contributed by atoms with van der Waals surface area (Å²) in [6.07, 6.45) is 12.6. The van der Waals surface area contributed by atoms with Gasteiger partial charge in [0.25, 0.3) is 0 Å². The Labute approximate surface area is 446 Å². The Kier molecular flexibility index (Phi) is 15.8. The molecule has 2 amide bonds. The van der Waals surface area contributed by atoms with Crippen molar-refractivity contribution in [2.45, 2.75) is 132 Å². The fraction of sp³-hybridized carbons (Fsp3) is 0.614. The summed E-state index contributed by atoms with van der Waals surface area (Å²) in [6.45, 7) is 14.7. The number of benzene rings is 2. The quantitative estimate of drug-likeness (QED) is 0.151. The number of amides is 2. The number of hydrogen-bond donors (Lipinski definition) is 2.